The number of hydrogen-bond donors (Lipinski definition) is 1. The molecule has 0 saturated heterocycles. The second kappa shape index (κ2) is 6.12. The summed E-state index contributed by atoms with van der Waals surface area (Å²) in [6, 6.07) is 11.1. The van der Waals surface area contributed by atoms with Crippen LogP contribution in [-0.2, 0) is 6.54 Å². The lowest BCUT2D eigenvalue weighted by Crippen LogP contribution is -2.05. The van der Waals surface area contributed by atoms with E-state index in [0.29, 0.717) is 6.54 Å². The van der Waals surface area contributed by atoms with Crippen molar-refractivity contribution < 1.29 is 4.74 Å². The Hall–Kier alpha value is -2.10. The van der Waals surface area contributed by atoms with Gasteiger partial charge in [-0.2, -0.15) is 0 Å². The predicted octanol–water partition coefficient (Wildman–Crippen LogP) is 3.29. The molecule has 1 radical (unpaired) electrons. The van der Waals surface area contributed by atoms with Gasteiger partial charge in [0.1, 0.15) is 17.4 Å². The number of nitrogens with zero attached hydrogens (tertiary/aromatic N) is 2. The summed E-state index contributed by atoms with van der Waals surface area (Å²) in [6.45, 7) is 5.41. The van der Waals surface area contributed by atoms with Gasteiger partial charge in [-0.05, 0) is 44.2 Å². The molecule has 21 heavy (non-hydrogen) atoms. The van der Waals surface area contributed by atoms with Crippen molar-refractivity contribution in [2.24, 2.45) is 5.92 Å². The molecule has 1 aliphatic rings. The van der Waals surface area contributed by atoms with Gasteiger partial charge in [-0.15, -0.1) is 0 Å². The van der Waals surface area contributed by atoms with Crippen LogP contribution in [0.5, 0.6) is 5.75 Å². The molecule has 2 aromatic rings. The highest BCUT2D eigenvalue weighted by molar-refractivity contribution is 5.38. The van der Waals surface area contributed by atoms with Crippen LogP contribution in [0, 0.1) is 25.8 Å². The van der Waals surface area contributed by atoms with Crippen molar-refractivity contribution in [3.63, 3.8) is 0 Å². The van der Waals surface area contributed by atoms with Crippen LogP contribution in [0.15, 0.2) is 24.3 Å². The largest absolute Gasteiger partial charge is 0.493 e. The van der Waals surface area contributed by atoms with Gasteiger partial charge >= 0.3 is 0 Å². The average molecular weight is 282 g/mol. The third kappa shape index (κ3) is 4.18. The second-order valence-electron chi connectivity index (χ2n) is 5.61. The second-order valence-corrected chi connectivity index (χ2v) is 5.61. The maximum Gasteiger partial charge on any atom is 0.130 e. The first-order valence-electron chi connectivity index (χ1n) is 7.38. The molecule has 1 heterocycles. The van der Waals surface area contributed by atoms with Crippen molar-refractivity contribution in [3.05, 3.63) is 47.4 Å². The number of rotatable bonds is 6. The Labute approximate surface area is 125 Å². The Balaban J connectivity index is 1.59. The van der Waals surface area contributed by atoms with Crippen molar-refractivity contribution in [2.45, 2.75) is 33.2 Å². The molecule has 1 fully saturated rings. The molecule has 0 unspecified atom stereocenters. The van der Waals surface area contributed by atoms with Crippen molar-refractivity contribution in [1.29, 1.82) is 0 Å². The minimum atomic E-state index is 0.713. The summed E-state index contributed by atoms with van der Waals surface area (Å²) >= 11 is 0. The lowest BCUT2D eigenvalue weighted by atomic mass is 10.2. The van der Waals surface area contributed by atoms with Gasteiger partial charge in [0, 0.05) is 24.4 Å². The van der Waals surface area contributed by atoms with Crippen LogP contribution in [0.3, 0.4) is 0 Å². The van der Waals surface area contributed by atoms with Crippen molar-refractivity contribution in [3.8, 4) is 5.75 Å². The lowest BCUT2D eigenvalue weighted by Gasteiger charge is -2.09. The lowest BCUT2D eigenvalue weighted by molar-refractivity contribution is 0.299. The SMILES string of the molecule is Cc1cc(NCc2cc[c]c(OCC3CC3)c2)nc(C)n1. The van der Waals surface area contributed by atoms with E-state index in [0.717, 1.165) is 41.2 Å². The molecule has 1 saturated carbocycles. The van der Waals surface area contributed by atoms with Crippen LogP contribution in [0.25, 0.3) is 0 Å². The average Bonchev–Trinajstić information content (AvgIpc) is 3.27. The predicted molar refractivity (Wildman–Crippen MR) is 82.3 cm³/mol. The first kappa shape index (κ1) is 13.9. The molecular formula is C17H20N3O. The summed E-state index contributed by atoms with van der Waals surface area (Å²) in [7, 11) is 0. The zero-order chi connectivity index (χ0) is 14.7. The number of nitrogens with one attached hydrogen (secondary N) is 1. The first-order chi connectivity index (χ1) is 10.2. The van der Waals surface area contributed by atoms with Gasteiger partial charge in [0.25, 0.3) is 0 Å². The molecule has 0 bridgehead atoms. The van der Waals surface area contributed by atoms with E-state index in [-0.39, 0.29) is 0 Å². The van der Waals surface area contributed by atoms with Gasteiger partial charge in [-0.25, -0.2) is 9.97 Å². The van der Waals surface area contributed by atoms with Gasteiger partial charge < -0.3 is 10.1 Å². The fourth-order valence-electron chi connectivity index (χ4n) is 2.17. The van der Waals surface area contributed by atoms with Crippen LogP contribution < -0.4 is 10.1 Å². The quantitative estimate of drug-likeness (QED) is 0.883. The van der Waals surface area contributed by atoms with Gasteiger partial charge in [0.2, 0.25) is 0 Å². The van der Waals surface area contributed by atoms with Crippen LogP contribution in [0.2, 0.25) is 0 Å². The number of ether oxygens (including phenoxy) is 1. The summed E-state index contributed by atoms with van der Waals surface area (Å²) in [4.78, 5) is 8.65. The molecule has 4 heteroatoms. The molecule has 1 aromatic carbocycles. The Morgan fingerprint density at radius 2 is 2.14 bits per heavy atom. The number of aromatic nitrogens is 2. The van der Waals surface area contributed by atoms with Crippen LogP contribution in [0.1, 0.15) is 29.9 Å². The van der Waals surface area contributed by atoms with Gasteiger partial charge in [0.15, 0.2) is 0 Å². The number of benzene rings is 1. The monoisotopic (exact) mass is 282 g/mol. The van der Waals surface area contributed by atoms with Crippen molar-refractivity contribution >= 4 is 5.82 Å². The van der Waals surface area contributed by atoms with Crippen molar-refractivity contribution in [1.82, 2.24) is 9.97 Å². The molecule has 0 atom stereocenters. The smallest absolute Gasteiger partial charge is 0.130 e. The van der Waals surface area contributed by atoms with E-state index >= 15 is 0 Å². The van der Waals surface area contributed by atoms with E-state index in [1.54, 1.807) is 0 Å². The van der Waals surface area contributed by atoms with Gasteiger partial charge in [-0.3, -0.25) is 0 Å². The highest BCUT2D eigenvalue weighted by atomic mass is 16.5. The van der Waals surface area contributed by atoms with E-state index < -0.39 is 0 Å². The van der Waals surface area contributed by atoms with Crippen molar-refractivity contribution in [2.75, 3.05) is 11.9 Å². The Kier molecular flexibility index (Phi) is 4.04. The Morgan fingerprint density at radius 3 is 2.90 bits per heavy atom. The molecule has 109 valence electrons. The molecule has 0 amide bonds. The van der Waals surface area contributed by atoms with Crippen LogP contribution >= 0.6 is 0 Å². The summed E-state index contributed by atoms with van der Waals surface area (Å²) < 4.78 is 5.75. The Morgan fingerprint density at radius 1 is 1.29 bits per heavy atom. The van der Waals surface area contributed by atoms with E-state index in [4.69, 9.17) is 4.74 Å². The first-order valence-corrected chi connectivity index (χ1v) is 7.38. The molecule has 0 spiro atoms. The third-order valence-electron chi connectivity index (χ3n) is 3.45. The van der Waals surface area contributed by atoms with Crippen LogP contribution in [0.4, 0.5) is 5.82 Å². The summed E-state index contributed by atoms with van der Waals surface area (Å²) in [5.74, 6) is 3.23. The highest BCUT2D eigenvalue weighted by Crippen LogP contribution is 2.29. The van der Waals surface area contributed by atoms with E-state index in [2.05, 4.69) is 21.4 Å². The molecule has 4 nitrogen and oxygen atoms in total. The maximum atomic E-state index is 5.75. The normalized spacial score (nSPS) is 14.0. The maximum absolute atomic E-state index is 5.75. The topological polar surface area (TPSA) is 47.0 Å². The summed E-state index contributed by atoms with van der Waals surface area (Å²) in [5.41, 5.74) is 2.13. The fraction of sp³-hybridized carbons (Fsp3) is 0.412. The van der Waals surface area contributed by atoms with Crippen LogP contribution in [-0.4, -0.2) is 16.6 Å². The zero-order valence-electron chi connectivity index (χ0n) is 12.5. The molecule has 1 N–H and O–H groups in total. The standard InChI is InChI=1S/C17H20N3O/c1-12-8-17(20-13(2)19-12)18-10-15-4-3-5-16(9-15)21-11-14-6-7-14/h3-4,8-9,14H,6-7,10-11H2,1-2H3,(H,18,19,20). The van der Waals surface area contributed by atoms with E-state index in [1.165, 1.54) is 12.8 Å². The van der Waals surface area contributed by atoms with E-state index in [9.17, 15) is 0 Å². The minimum Gasteiger partial charge on any atom is -0.493 e. The van der Waals surface area contributed by atoms with E-state index in [1.807, 2.05) is 38.1 Å². The third-order valence-corrected chi connectivity index (χ3v) is 3.45. The zero-order valence-corrected chi connectivity index (χ0v) is 12.5. The molecular weight excluding hydrogens is 262 g/mol. The Bertz CT molecular complexity index is 603. The highest BCUT2D eigenvalue weighted by Gasteiger charge is 2.21. The molecule has 1 aromatic heterocycles. The molecule has 1 aliphatic carbocycles. The number of aryl methyl sites for hydroxylation is 2. The molecule has 3 rings (SSSR count). The van der Waals surface area contributed by atoms with Gasteiger partial charge in [-0.1, -0.05) is 12.1 Å². The summed E-state index contributed by atoms with van der Waals surface area (Å²) in [6.07, 6.45) is 2.60. The number of anilines is 1. The van der Waals surface area contributed by atoms with Gasteiger partial charge in [0.05, 0.1) is 6.61 Å². The minimum absolute atomic E-state index is 0.713. The summed E-state index contributed by atoms with van der Waals surface area (Å²) in [5, 5.41) is 3.33. The molecule has 0 aliphatic heterocycles. The fourth-order valence-corrected chi connectivity index (χ4v) is 2.17. The number of hydrogen-bond acceptors (Lipinski definition) is 4.